The summed E-state index contributed by atoms with van der Waals surface area (Å²) >= 11 is 5.92. The zero-order chi connectivity index (χ0) is 28.4. The van der Waals surface area contributed by atoms with Crippen molar-refractivity contribution in [3.05, 3.63) is 41.4 Å². The second kappa shape index (κ2) is 11.0. The van der Waals surface area contributed by atoms with E-state index in [1.165, 1.54) is 24.3 Å². The Kier molecular flexibility index (Phi) is 8.12. The van der Waals surface area contributed by atoms with Gasteiger partial charge in [0.1, 0.15) is 0 Å². The molecule has 2 aliphatic heterocycles. The van der Waals surface area contributed by atoms with Gasteiger partial charge >= 0.3 is 6.09 Å². The van der Waals surface area contributed by atoms with Gasteiger partial charge in [-0.1, -0.05) is 30.2 Å². The number of amides is 4. The Bertz CT molecular complexity index is 1290. The zero-order valence-corrected chi connectivity index (χ0v) is 22.8. The number of benzene rings is 1. The van der Waals surface area contributed by atoms with Crippen LogP contribution in [-0.4, -0.2) is 60.2 Å². The van der Waals surface area contributed by atoms with E-state index in [0.717, 1.165) is 11.3 Å². The summed E-state index contributed by atoms with van der Waals surface area (Å²) in [7, 11) is -4.26. The van der Waals surface area contributed by atoms with Gasteiger partial charge in [-0.15, -0.1) is 0 Å². The molecule has 4 rings (SSSR count). The Morgan fingerprint density at radius 3 is 2.49 bits per heavy atom. The minimum absolute atomic E-state index is 0.0140. The fraction of sp³-hybridized carbons (Fsp3) is 0.520. The first kappa shape index (κ1) is 28.7. The number of halogens is 1. The zero-order valence-electron chi connectivity index (χ0n) is 21.2. The molecule has 1 aromatic carbocycles. The Hall–Kier alpha value is -3.32. The summed E-state index contributed by atoms with van der Waals surface area (Å²) in [4.78, 5) is 51.1. The second-order valence-corrected chi connectivity index (χ2v) is 12.5. The summed E-state index contributed by atoms with van der Waals surface area (Å²) in [5.41, 5.74) is 9.00. The van der Waals surface area contributed by atoms with Crippen LogP contribution in [0, 0.1) is 5.92 Å². The fourth-order valence-electron chi connectivity index (χ4n) is 5.37. The van der Waals surface area contributed by atoms with Crippen LogP contribution in [0.4, 0.5) is 10.5 Å². The predicted molar refractivity (Wildman–Crippen MR) is 143 cm³/mol. The van der Waals surface area contributed by atoms with E-state index in [1.54, 1.807) is 6.08 Å². The van der Waals surface area contributed by atoms with Crippen molar-refractivity contribution < 1.29 is 32.3 Å². The first-order valence-corrected chi connectivity index (χ1v) is 14.6. The predicted octanol–water partition coefficient (Wildman–Crippen LogP) is 1.74. The van der Waals surface area contributed by atoms with E-state index < -0.39 is 56.3 Å². The van der Waals surface area contributed by atoms with Gasteiger partial charge in [-0.25, -0.2) is 13.2 Å². The molecule has 1 aromatic rings. The van der Waals surface area contributed by atoms with Gasteiger partial charge < -0.3 is 26.4 Å². The number of carbonyl (C=O) groups excluding carboxylic acids is 4. The average Bonchev–Trinajstić information content (AvgIpc) is 3.38. The third kappa shape index (κ3) is 5.55. The van der Waals surface area contributed by atoms with Crippen LogP contribution in [0.2, 0.25) is 5.02 Å². The van der Waals surface area contributed by atoms with Crippen molar-refractivity contribution in [3.8, 4) is 0 Å². The summed E-state index contributed by atoms with van der Waals surface area (Å²) in [5.74, 6) is -3.49. The lowest BCUT2D eigenvalue weighted by molar-refractivity contribution is -0.157. The molecule has 3 aliphatic rings. The minimum Gasteiger partial charge on any atom is -0.436 e. The molecule has 0 bridgehead atoms. The fourth-order valence-corrected chi connectivity index (χ4v) is 7.23. The average molecular weight is 582 g/mol. The number of allylic oxidation sites excluding steroid dienone is 1. The van der Waals surface area contributed by atoms with Crippen molar-refractivity contribution >= 4 is 51.1 Å². The van der Waals surface area contributed by atoms with Crippen LogP contribution in [0.5, 0.6) is 0 Å². The lowest BCUT2D eigenvalue weighted by Gasteiger charge is -2.37. The van der Waals surface area contributed by atoms with Crippen LogP contribution in [0.3, 0.4) is 0 Å². The number of nitrogens with two attached hydrogens (primary N) is 2. The molecule has 4 unspecified atom stereocenters. The van der Waals surface area contributed by atoms with E-state index in [0.29, 0.717) is 24.3 Å². The van der Waals surface area contributed by atoms with Crippen molar-refractivity contribution in [2.45, 2.75) is 67.9 Å². The normalized spacial score (nSPS) is 30.5. The molecule has 12 nitrogen and oxygen atoms in total. The molecule has 1 saturated heterocycles. The molecule has 212 valence electrons. The highest BCUT2D eigenvalue weighted by Crippen LogP contribution is 2.50. The first-order chi connectivity index (χ1) is 18.4. The molecule has 1 saturated carbocycles. The highest BCUT2D eigenvalue weighted by Gasteiger charge is 2.67. The van der Waals surface area contributed by atoms with Crippen LogP contribution in [-0.2, 0) is 29.1 Å². The SMILES string of the molecule is NC(=O)OC1CCCCC/C=C\C2CC2(S(=O)(=O)Nc2ccc(Cl)cc2)NC(=O)C2(C(N)=O)CCCN2C1=O. The van der Waals surface area contributed by atoms with Gasteiger partial charge in [-0.3, -0.25) is 19.1 Å². The van der Waals surface area contributed by atoms with Gasteiger partial charge in [-0.2, -0.15) is 0 Å². The topological polar surface area (TPSA) is 191 Å². The van der Waals surface area contributed by atoms with Crippen molar-refractivity contribution in [2.75, 3.05) is 11.3 Å². The highest BCUT2D eigenvalue weighted by molar-refractivity contribution is 7.94. The van der Waals surface area contributed by atoms with Crippen LogP contribution < -0.4 is 21.5 Å². The second-order valence-electron chi connectivity index (χ2n) is 10.1. The largest absolute Gasteiger partial charge is 0.436 e. The number of nitrogens with zero attached hydrogens (tertiary/aromatic N) is 1. The number of nitrogens with one attached hydrogen (secondary N) is 2. The Balaban J connectivity index is 1.73. The van der Waals surface area contributed by atoms with Crippen LogP contribution >= 0.6 is 11.6 Å². The molecule has 2 fully saturated rings. The molecule has 0 spiro atoms. The molecule has 6 N–H and O–H groups in total. The number of sulfonamides is 1. The third-order valence-electron chi connectivity index (χ3n) is 7.53. The molecule has 0 aromatic heterocycles. The number of carbonyl (C=O) groups is 4. The van der Waals surface area contributed by atoms with E-state index in [2.05, 4.69) is 10.0 Å². The Morgan fingerprint density at radius 1 is 1.10 bits per heavy atom. The molecular weight excluding hydrogens is 550 g/mol. The monoisotopic (exact) mass is 581 g/mol. The number of primary amides is 2. The maximum atomic E-state index is 13.9. The van der Waals surface area contributed by atoms with Gasteiger partial charge in [0.2, 0.25) is 5.54 Å². The number of fused-ring (bicyclic) bond motifs is 2. The first-order valence-electron chi connectivity index (χ1n) is 12.8. The van der Waals surface area contributed by atoms with E-state index in [4.69, 9.17) is 27.8 Å². The minimum atomic E-state index is -4.26. The molecule has 14 heteroatoms. The highest BCUT2D eigenvalue weighted by atomic mass is 35.5. The Morgan fingerprint density at radius 2 is 1.82 bits per heavy atom. The van der Waals surface area contributed by atoms with Crippen LogP contribution in [0.1, 0.15) is 51.4 Å². The van der Waals surface area contributed by atoms with Gasteiger partial charge in [-0.05, 0) is 69.2 Å². The number of hydrogen-bond acceptors (Lipinski definition) is 7. The van der Waals surface area contributed by atoms with Gasteiger partial charge in [0.05, 0.1) is 0 Å². The Labute approximate surface area is 231 Å². The summed E-state index contributed by atoms with van der Waals surface area (Å²) in [6.45, 7) is -0.0140. The van der Waals surface area contributed by atoms with Crippen molar-refractivity contribution in [1.82, 2.24) is 10.2 Å². The molecular formula is C25H32ClN5O7S. The quantitative estimate of drug-likeness (QED) is 0.300. The maximum absolute atomic E-state index is 13.9. The van der Waals surface area contributed by atoms with Crippen LogP contribution in [0.15, 0.2) is 36.4 Å². The standard InChI is InChI=1S/C25H32ClN5O7S/c26-17-9-11-18(12-10-17)30-39(36,37)25-15-16(25)7-4-2-1-3-5-8-19(38-23(28)35)20(32)31-14-6-13-24(31,21(27)33)22(34)29-25/h4,7,9-12,16,19,30H,1-3,5-6,8,13-15H2,(H2,27,33)(H2,28,35)(H,29,34)/b7-4-. The van der Waals surface area contributed by atoms with E-state index >= 15 is 0 Å². The van der Waals surface area contributed by atoms with Gasteiger partial charge in [0.25, 0.3) is 27.7 Å². The summed E-state index contributed by atoms with van der Waals surface area (Å²) < 4.78 is 34.9. The smallest absolute Gasteiger partial charge is 0.405 e. The summed E-state index contributed by atoms with van der Waals surface area (Å²) in [6.07, 6.45) is 4.03. The summed E-state index contributed by atoms with van der Waals surface area (Å²) in [6, 6.07) is 6.01. The molecule has 4 amide bonds. The van der Waals surface area contributed by atoms with Crippen molar-refractivity contribution in [1.29, 1.82) is 0 Å². The van der Waals surface area contributed by atoms with Crippen molar-refractivity contribution in [3.63, 3.8) is 0 Å². The molecule has 2 heterocycles. The summed E-state index contributed by atoms with van der Waals surface area (Å²) in [5, 5.41) is 3.00. The van der Waals surface area contributed by atoms with E-state index in [1.807, 2.05) is 6.08 Å². The third-order valence-corrected chi connectivity index (χ3v) is 9.82. The number of anilines is 1. The number of ether oxygens (including phenoxy) is 1. The van der Waals surface area contributed by atoms with E-state index in [9.17, 15) is 27.6 Å². The molecule has 39 heavy (non-hydrogen) atoms. The van der Waals surface area contributed by atoms with E-state index in [-0.39, 0.29) is 37.9 Å². The number of hydrogen-bond donors (Lipinski definition) is 4. The lowest BCUT2D eigenvalue weighted by Crippen LogP contribution is -2.68. The molecule has 0 radical (unpaired) electrons. The van der Waals surface area contributed by atoms with Crippen molar-refractivity contribution in [2.24, 2.45) is 17.4 Å². The van der Waals surface area contributed by atoms with Crippen LogP contribution in [0.25, 0.3) is 0 Å². The van der Waals surface area contributed by atoms with Gasteiger partial charge in [0, 0.05) is 23.2 Å². The van der Waals surface area contributed by atoms with Gasteiger partial charge in [0.15, 0.2) is 11.0 Å². The number of rotatable bonds is 5. The maximum Gasteiger partial charge on any atom is 0.405 e. The molecule has 4 atom stereocenters. The lowest BCUT2D eigenvalue weighted by atomic mass is 9.92. The molecule has 1 aliphatic carbocycles.